The molecule has 3 nitrogen and oxygen atoms in total. The number of hydrogen-bond acceptors (Lipinski definition) is 4. The van der Waals surface area contributed by atoms with Gasteiger partial charge in [0.05, 0.1) is 12.6 Å². The SMILES string of the molecule is CC(O)c1cccnc1N(C)Cc1cc(Br)cs1. The number of rotatable bonds is 4. The van der Waals surface area contributed by atoms with E-state index < -0.39 is 6.10 Å². The van der Waals surface area contributed by atoms with Gasteiger partial charge in [-0.25, -0.2) is 4.98 Å². The molecule has 0 saturated heterocycles. The number of thiophene rings is 1. The standard InChI is InChI=1S/C13H15BrN2OS/c1-9(17)12-4-3-5-15-13(12)16(2)7-11-6-10(14)8-18-11/h3-6,8-9,17H,7H2,1-2H3. The molecule has 18 heavy (non-hydrogen) atoms. The van der Waals surface area contributed by atoms with Crippen molar-refractivity contribution in [3.05, 3.63) is 44.7 Å². The quantitative estimate of drug-likeness (QED) is 0.932. The van der Waals surface area contributed by atoms with Gasteiger partial charge in [-0.3, -0.25) is 0 Å². The fraction of sp³-hybridized carbons (Fsp3) is 0.308. The Hall–Kier alpha value is -0.910. The zero-order valence-electron chi connectivity index (χ0n) is 10.3. The lowest BCUT2D eigenvalue weighted by Crippen LogP contribution is -2.19. The van der Waals surface area contributed by atoms with Crippen molar-refractivity contribution in [2.45, 2.75) is 19.6 Å². The van der Waals surface area contributed by atoms with Crippen LogP contribution >= 0.6 is 27.3 Å². The van der Waals surface area contributed by atoms with Crippen LogP contribution in [0.5, 0.6) is 0 Å². The Labute approximate surface area is 119 Å². The van der Waals surface area contributed by atoms with Crippen LogP contribution in [0.4, 0.5) is 5.82 Å². The second-order valence-corrected chi connectivity index (χ2v) is 6.09. The average Bonchev–Trinajstić information content (AvgIpc) is 2.74. The molecule has 2 aromatic rings. The van der Waals surface area contributed by atoms with Crippen molar-refractivity contribution in [2.75, 3.05) is 11.9 Å². The lowest BCUT2D eigenvalue weighted by molar-refractivity contribution is 0.199. The first-order valence-corrected chi connectivity index (χ1v) is 7.32. The Morgan fingerprint density at radius 3 is 2.94 bits per heavy atom. The Balaban J connectivity index is 2.20. The van der Waals surface area contributed by atoms with Crippen LogP contribution in [-0.4, -0.2) is 17.1 Å². The molecule has 2 rings (SSSR count). The molecule has 0 aliphatic rings. The van der Waals surface area contributed by atoms with Gasteiger partial charge in [0, 0.05) is 33.5 Å². The summed E-state index contributed by atoms with van der Waals surface area (Å²) in [6.45, 7) is 2.54. The van der Waals surface area contributed by atoms with Gasteiger partial charge in [-0.1, -0.05) is 6.07 Å². The molecule has 96 valence electrons. The van der Waals surface area contributed by atoms with Crippen LogP contribution in [0, 0.1) is 0 Å². The predicted octanol–water partition coefficient (Wildman–Crippen LogP) is 3.60. The van der Waals surface area contributed by atoms with E-state index in [0.717, 1.165) is 22.4 Å². The number of halogens is 1. The van der Waals surface area contributed by atoms with Crippen molar-refractivity contribution in [1.82, 2.24) is 4.98 Å². The summed E-state index contributed by atoms with van der Waals surface area (Å²) < 4.78 is 1.10. The van der Waals surface area contributed by atoms with Crippen molar-refractivity contribution in [1.29, 1.82) is 0 Å². The lowest BCUT2D eigenvalue weighted by atomic mass is 10.1. The van der Waals surface area contributed by atoms with Gasteiger partial charge < -0.3 is 10.0 Å². The average molecular weight is 327 g/mol. The maximum absolute atomic E-state index is 9.75. The van der Waals surface area contributed by atoms with Crippen LogP contribution in [0.15, 0.2) is 34.2 Å². The third-order valence-electron chi connectivity index (χ3n) is 2.64. The summed E-state index contributed by atoms with van der Waals surface area (Å²) >= 11 is 5.16. The van der Waals surface area contributed by atoms with E-state index in [-0.39, 0.29) is 0 Å². The van der Waals surface area contributed by atoms with Gasteiger partial charge in [0.2, 0.25) is 0 Å². The topological polar surface area (TPSA) is 36.4 Å². The summed E-state index contributed by atoms with van der Waals surface area (Å²) in [6, 6.07) is 5.86. The zero-order chi connectivity index (χ0) is 13.1. The van der Waals surface area contributed by atoms with Crippen molar-refractivity contribution < 1.29 is 5.11 Å². The second kappa shape index (κ2) is 5.82. The summed E-state index contributed by atoms with van der Waals surface area (Å²) in [6.07, 6.45) is 1.24. The first-order valence-electron chi connectivity index (χ1n) is 5.65. The number of aliphatic hydroxyl groups excluding tert-OH is 1. The maximum atomic E-state index is 9.75. The van der Waals surface area contributed by atoms with Crippen LogP contribution in [0.3, 0.4) is 0 Å². The van der Waals surface area contributed by atoms with E-state index in [0.29, 0.717) is 0 Å². The fourth-order valence-corrected chi connectivity index (χ4v) is 3.30. The van der Waals surface area contributed by atoms with Crippen molar-refractivity contribution in [2.24, 2.45) is 0 Å². The molecule has 1 N–H and O–H groups in total. The number of hydrogen-bond donors (Lipinski definition) is 1. The number of aliphatic hydroxyl groups is 1. The molecule has 0 amide bonds. The second-order valence-electron chi connectivity index (χ2n) is 4.18. The van der Waals surface area contributed by atoms with Crippen molar-refractivity contribution >= 4 is 33.1 Å². The molecule has 0 aliphatic heterocycles. The van der Waals surface area contributed by atoms with Gasteiger partial charge in [-0.05, 0) is 35.0 Å². The fourth-order valence-electron chi connectivity index (χ4n) is 1.80. The molecule has 0 bridgehead atoms. The molecule has 0 aromatic carbocycles. The first kappa shape index (κ1) is 13.5. The molecular weight excluding hydrogens is 312 g/mol. The van der Waals surface area contributed by atoms with E-state index >= 15 is 0 Å². The molecule has 1 unspecified atom stereocenters. The van der Waals surface area contributed by atoms with Gasteiger partial charge in [0.15, 0.2) is 0 Å². The molecule has 0 saturated carbocycles. The van der Waals surface area contributed by atoms with Crippen LogP contribution in [-0.2, 0) is 6.54 Å². The molecular formula is C13H15BrN2OS. The Morgan fingerprint density at radius 2 is 2.33 bits per heavy atom. The highest BCUT2D eigenvalue weighted by Crippen LogP contribution is 2.26. The highest BCUT2D eigenvalue weighted by atomic mass is 79.9. The van der Waals surface area contributed by atoms with Gasteiger partial charge >= 0.3 is 0 Å². The Bertz CT molecular complexity index is 527. The number of pyridine rings is 1. The van der Waals surface area contributed by atoms with Crippen molar-refractivity contribution in [3.63, 3.8) is 0 Å². The van der Waals surface area contributed by atoms with Gasteiger partial charge in [-0.15, -0.1) is 11.3 Å². The van der Waals surface area contributed by atoms with E-state index in [1.165, 1.54) is 4.88 Å². The van der Waals surface area contributed by atoms with E-state index in [4.69, 9.17) is 0 Å². The van der Waals surface area contributed by atoms with E-state index in [1.807, 2.05) is 19.2 Å². The molecule has 5 heteroatoms. The Morgan fingerprint density at radius 1 is 1.56 bits per heavy atom. The number of anilines is 1. The monoisotopic (exact) mass is 326 g/mol. The largest absolute Gasteiger partial charge is 0.389 e. The van der Waals surface area contributed by atoms with Crippen LogP contribution in [0.25, 0.3) is 0 Å². The van der Waals surface area contributed by atoms with E-state index in [2.05, 4.69) is 37.3 Å². The summed E-state index contributed by atoms with van der Waals surface area (Å²) in [7, 11) is 1.99. The minimum absolute atomic E-state index is 0.508. The number of nitrogens with zero attached hydrogens (tertiary/aromatic N) is 2. The summed E-state index contributed by atoms with van der Waals surface area (Å²) in [5.74, 6) is 0.831. The van der Waals surface area contributed by atoms with Gasteiger partial charge in [-0.2, -0.15) is 0 Å². The summed E-state index contributed by atoms with van der Waals surface area (Å²) in [4.78, 5) is 7.67. The third-order valence-corrected chi connectivity index (χ3v) is 4.33. The third kappa shape index (κ3) is 3.10. The molecule has 2 aromatic heterocycles. The first-order chi connectivity index (χ1) is 8.58. The van der Waals surface area contributed by atoms with Crippen molar-refractivity contribution in [3.8, 4) is 0 Å². The highest BCUT2D eigenvalue weighted by Gasteiger charge is 2.13. The van der Waals surface area contributed by atoms with Crippen LogP contribution in [0.1, 0.15) is 23.5 Å². The minimum Gasteiger partial charge on any atom is -0.389 e. The van der Waals surface area contributed by atoms with E-state index in [1.54, 1.807) is 24.5 Å². The highest BCUT2D eigenvalue weighted by molar-refractivity contribution is 9.10. The predicted molar refractivity (Wildman–Crippen MR) is 79.0 cm³/mol. The smallest absolute Gasteiger partial charge is 0.134 e. The molecule has 0 spiro atoms. The summed E-state index contributed by atoms with van der Waals surface area (Å²) in [5, 5.41) is 11.8. The molecule has 2 heterocycles. The summed E-state index contributed by atoms with van der Waals surface area (Å²) in [5.41, 5.74) is 0.857. The molecule has 1 atom stereocenters. The van der Waals surface area contributed by atoms with E-state index in [9.17, 15) is 5.11 Å². The Kier molecular flexibility index (Phi) is 4.37. The molecule has 0 aliphatic carbocycles. The van der Waals surface area contributed by atoms with Gasteiger partial charge in [0.25, 0.3) is 0 Å². The van der Waals surface area contributed by atoms with Crippen LogP contribution in [0.2, 0.25) is 0 Å². The van der Waals surface area contributed by atoms with Crippen LogP contribution < -0.4 is 4.90 Å². The zero-order valence-corrected chi connectivity index (χ0v) is 12.7. The normalized spacial score (nSPS) is 12.4. The lowest BCUT2D eigenvalue weighted by Gasteiger charge is -2.21. The minimum atomic E-state index is -0.508. The molecule has 0 radical (unpaired) electrons. The molecule has 0 fully saturated rings. The maximum Gasteiger partial charge on any atom is 0.134 e. The van der Waals surface area contributed by atoms with Gasteiger partial charge in [0.1, 0.15) is 5.82 Å². The number of aromatic nitrogens is 1.